The van der Waals surface area contributed by atoms with Gasteiger partial charge in [0.2, 0.25) is 15.9 Å². The first-order valence-corrected chi connectivity index (χ1v) is 12.4. The van der Waals surface area contributed by atoms with Crippen molar-refractivity contribution in [3.63, 3.8) is 0 Å². The van der Waals surface area contributed by atoms with Crippen LogP contribution in [0.4, 0.5) is 5.69 Å². The van der Waals surface area contributed by atoms with Crippen LogP contribution in [0.1, 0.15) is 34.9 Å². The van der Waals surface area contributed by atoms with Crippen LogP contribution in [-0.2, 0) is 15.8 Å². The van der Waals surface area contributed by atoms with Crippen molar-refractivity contribution in [2.75, 3.05) is 12.4 Å². The predicted molar refractivity (Wildman–Crippen MR) is 119 cm³/mol. The van der Waals surface area contributed by atoms with Gasteiger partial charge in [-0.3, -0.25) is 4.79 Å². The largest absolute Gasteiger partial charge is 0.495 e. The van der Waals surface area contributed by atoms with E-state index in [0.29, 0.717) is 28.8 Å². The average molecular weight is 475 g/mol. The zero-order valence-corrected chi connectivity index (χ0v) is 19.1. The first-order valence-electron chi connectivity index (χ1n) is 9.88. The molecule has 1 heterocycles. The van der Waals surface area contributed by atoms with Crippen LogP contribution in [-0.4, -0.2) is 37.6 Å². The molecule has 1 amide bonds. The molecule has 0 unspecified atom stereocenters. The Morgan fingerprint density at radius 3 is 2.72 bits per heavy atom. The Labute approximate surface area is 190 Å². The van der Waals surface area contributed by atoms with E-state index in [9.17, 15) is 13.2 Å². The third kappa shape index (κ3) is 5.29. The minimum Gasteiger partial charge on any atom is -0.495 e. The Morgan fingerprint density at radius 2 is 2.03 bits per heavy atom. The summed E-state index contributed by atoms with van der Waals surface area (Å²) >= 11 is 1.40. The van der Waals surface area contributed by atoms with Crippen molar-refractivity contribution in [1.82, 2.24) is 14.9 Å². The molecule has 1 aliphatic rings. The normalized spacial score (nSPS) is 13.7. The molecule has 0 saturated heterocycles. The summed E-state index contributed by atoms with van der Waals surface area (Å²) in [6.07, 6.45) is 1.66. The number of benzene rings is 2. The number of aryl methyl sites for hydroxylation is 1. The number of rotatable bonds is 9. The second kappa shape index (κ2) is 9.31. The van der Waals surface area contributed by atoms with Crippen LogP contribution in [0.3, 0.4) is 0 Å². The van der Waals surface area contributed by atoms with Crippen molar-refractivity contribution in [1.29, 1.82) is 0 Å². The summed E-state index contributed by atoms with van der Waals surface area (Å²) in [6, 6.07) is 11.5. The molecule has 0 atom stereocenters. The van der Waals surface area contributed by atoms with Gasteiger partial charge in [-0.15, -0.1) is 11.8 Å². The molecule has 32 heavy (non-hydrogen) atoms. The van der Waals surface area contributed by atoms with E-state index >= 15 is 0 Å². The highest BCUT2D eigenvalue weighted by Gasteiger charge is 2.28. The number of methoxy groups -OCH3 is 1. The molecular weight excluding hydrogens is 452 g/mol. The molecule has 0 bridgehead atoms. The van der Waals surface area contributed by atoms with Gasteiger partial charge in [-0.2, -0.15) is 4.98 Å². The Balaban J connectivity index is 1.55. The molecular formula is C21H22N4O5S2. The van der Waals surface area contributed by atoms with Gasteiger partial charge in [0.15, 0.2) is 5.82 Å². The maximum atomic E-state index is 13.1. The van der Waals surface area contributed by atoms with Crippen LogP contribution in [0.2, 0.25) is 0 Å². The van der Waals surface area contributed by atoms with E-state index in [2.05, 4.69) is 20.2 Å². The number of ether oxygens (including phenoxy) is 1. The third-order valence-electron chi connectivity index (χ3n) is 4.69. The highest BCUT2D eigenvalue weighted by molar-refractivity contribution is 7.98. The number of amides is 1. The quantitative estimate of drug-likeness (QED) is 0.453. The first-order chi connectivity index (χ1) is 15.4. The van der Waals surface area contributed by atoms with Gasteiger partial charge in [0, 0.05) is 17.9 Å². The lowest BCUT2D eigenvalue weighted by molar-refractivity contribution is 0.102. The van der Waals surface area contributed by atoms with Crippen LogP contribution in [0, 0.1) is 6.92 Å². The third-order valence-corrected chi connectivity index (χ3v) is 7.27. The van der Waals surface area contributed by atoms with E-state index in [0.717, 1.165) is 17.7 Å². The van der Waals surface area contributed by atoms with E-state index in [1.54, 1.807) is 19.1 Å². The van der Waals surface area contributed by atoms with E-state index in [-0.39, 0.29) is 22.5 Å². The van der Waals surface area contributed by atoms with E-state index in [1.165, 1.54) is 37.1 Å². The summed E-state index contributed by atoms with van der Waals surface area (Å²) in [7, 11) is -2.22. The highest BCUT2D eigenvalue weighted by atomic mass is 32.2. The van der Waals surface area contributed by atoms with Crippen molar-refractivity contribution in [3.05, 3.63) is 59.7 Å². The molecule has 11 heteroatoms. The molecule has 3 aromatic rings. The average Bonchev–Trinajstić information content (AvgIpc) is 3.48. The van der Waals surface area contributed by atoms with Gasteiger partial charge in [0.05, 0.1) is 29.0 Å². The summed E-state index contributed by atoms with van der Waals surface area (Å²) in [5.41, 5.74) is 0.703. The summed E-state index contributed by atoms with van der Waals surface area (Å²) in [6.45, 7) is 1.71. The van der Waals surface area contributed by atoms with Crippen LogP contribution in [0.15, 0.2) is 56.8 Å². The highest BCUT2D eigenvalue weighted by Crippen LogP contribution is 2.31. The van der Waals surface area contributed by atoms with E-state index in [1.807, 2.05) is 12.1 Å². The van der Waals surface area contributed by atoms with Crippen molar-refractivity contribution < 1.29 is 22.5 Å². The minimum atomic E-state index is -3.67. The topological polar surface area (TPSA) is 123 Å². The number of hydrogen-bond donors (Lipinski definition) is 2. The van der Waals surface area contributed by atoms with Gasteiger partial charge in [-0.1, -0.05) is 17.3 Å². The number of aromatic nitrogens is 2. The molecule has 4 rings (SSSR count). The molecule has 1 fully saturated rings. The number of hydrogen-bond acceptors (Lipinski definition) is 8. The SMILES string of the molecule is COc1ccc(S(=O)(=O)NC2CC2)cc1NC(=O)c1ccccc1SCc1noc(C)n1. The number of nitrogens with one attached hydrogen (secondary N) is 2. The fourth-order valence-electron chi connectivity index (χ4n) is 2.95. The van der Waals surface area contributed by atoms with Crippen molar-refractivity contribution >= 4 is 33.4 Å². The van der Waals surface area contributed by atoms with Gasteiger partial charge in [0.25, 0.3) is 5.91 Å². The van der Waals surface area contributed by atoms with Crippen LogP contribution < -0.4 is 14.8 Å². The number of nitrogens with zero attached hydrogens (tertiary/aromatic N) is 2. The minimum absolute atomic E-state index is 0.0213. The Bertz CT molecular complexity index is 1240. The van der Waals surface area contributed by atoms with Gasteiger partial charge < -0.3 is 14.6 Å². The number of sulfonamides is 1. The maximum Gasteiger partial charge on any atom is 0.256 e. The fraction of sp³-hybridized carbons (Fsp3) is 0.286. The Morgan fingerprint density at radius 1 is 1.25 bits per heavy atom. The molecule has 0 aliphatic heterocycles. The number of carbonyl (C=O) groups excluding carboxylic acids is 1. The number of carbonyl (C=O) groups is 1. The Kier molecular flexibility index (Phi) is 6.49. The summed E-state index contributed by atoms with van der Waals surface area (Å²) in [5.74, 6) is 1.41. The van der Waals surface area contributed by atoms with Crippen LogP contribution in [0.5, 0.6) is 5.75 Å². The van der Waals surface area contributed by atoms with Crippen LogP contribution >= 0.6 is 11.8 Å². The lowest BCUT2D eigenvalue weighted by atomic mass is 10.2. The summed E-state index contributed by atoms with van der Waals surface area (Å²) in [5, 5.41) is 6.65. The molecule has 2 N–H and O–H groups in total. The smallest absolute Gasteiger partial charge is 0.256 e. The monoisotopic (exact) mass is 474 g/mol. The first kappa shape index (κ1) is 22.3. The Hall–Kier alpha value is -2.89. The number of anilines is 1. The zero-order valence-electron chi connectivity index (χ0n) is 17.5. The molecule has 1 aromatic heterocycles. The molecule has 2 aromatic carbocycles. The lowest BCUT2D eigenvalue weighted by Crippen LogP contribution is -2.26. The summed E-state index contributed by atoms with van der Waals surface area (Å²) < 4.78 is 38.1. The number of thioether (sulfide) groups is 1. The maximum absolute atomic E-state index is 13.1. The van der Waals surface area contributed by atoms with Crippen molar-refractivity contribution in [2.45, 2.75) is 41.4 Å². The fourth-order valence-corrected chi connectivity index (χ4v) is 5.18. The molecule has 9 nitrogen and oxygen atoms in total. The van der Waals surface area contributed by atoms with Crippen LogP contribution in [0.25, 0.3) is 0 Å². The van der Waals surface area contributed by atoms with E-state index < -0.39 is 10.0 Å². The zero-order chi connectivity index (χ0) is 22.7. The van der Waals surface area contributed by atoms with E-state index in [4.69, 9.17) is 9.26 Å². The molecule has 0 spiro atoms. The van der Waals surface area contributed by atoms with Crippen molar-refractivity contribution in [2.24, 2.45) is 0 Å². The van der Waals surface area contributed by atoms with Gasteiger partial charge >= 0.3 is 0 Å². The second-order valence-electron chi connectivity index (χ2n) is 7.23. The predicted octanol–water partition coefficient (Wildman–Crippen LogP) is 3.37. The van der Waals surface area contributed by atoms with Gasteiger partial charge in [-0.25, -0.2) is 13.1 Å². The molecule has 168 valence electrons. The summed E-state index contributed by atoms with van der Waals surface area (Å²) in [4.78, 5) is 18.0. The standard InChI is InChI=1S/C21H22N4O5S2/c1-13-22-20(24-30-13)12-31-19-6-4-3-5-16(19)21(26)23-17-11-15(9-10-18(17)29-2)32(27,28)25-14-7-8-14/h3-6,9-11,14,25H,7-8,12H2,1-2H3,(H,23,26). The van der Waals surface area contributed by atoms with Gasteiger partial charge in [-0.05, 0) is 43.2 Å². The van der Waals surface area contributed by atoms with Crippen molar-refractivity contribution in [3.8, 4) is 5.75 Å². The second-order valence-corrected chi connectivity index (χ2v) is 9.96. The lowest BCUT2D eigenvalue weighted by Gasteiger charge is -2.14. The molecule has 0 radical (unpaired) electrons. The molecule has 1 saturated carbocycles. The van der Waals surface area contributed by atoms with Gasteiger partial charge in [0.1, 0.15) is 5.75 Å². The molecule has 1 aliphatic carbocycles.